The Hall–Kier alpha value is -2.62. The second kappa shape index (κ2) is 8.14. The number of aryl methyl sites for hydroxylation is 1. The van der Waals surface area contributed by atoms with Gasteiger partial charge in [0.25, 0.3) is 20.0 Å². The Labute approximate surface area is 185 Å². The van der Waals surface area contributed by atoms with Crippen LogP contribution in [0.5, 0.6) is 0 Å². The highest BCUT2D eigenvalue weighted by Crippen LogP contribution is 2.34. The van der Waals surface area contributed by atoms with E-state index in [1.165, 1.54) is 40.7 Å². The summed E-state index contributed by atoms with van der Waals surface area (Å²) in [7, 11) is -7.85. The number of fused-ring (bicyclic) bond motifs is 1. The van der Waals surface area contributed by atoms with Crippen molar-refractivity contribution in [3.63, 3.8) is 0 Å². The third kappa shape index (κ3) is 4.39. The first kappa shape index (κ1) is 21.6. The first-order chi connectivity index (χ1) is 14.7. The molecule has 0 fully saturated rings. The molecule has 31 heavy (non-hydrogen) atoms. The van der Waals surface area contributed by atoms with E-state index in [2.05, 4.69) is 4.72 Å². The Morgan fingerprint density at radius 3 is 2.35 bits per heavy atom. The van der Waals surface area contributed by atoms with Crippen LogP contribution in [0.1, 0.15) is 12.0 Å². The number of anilines is 2. The summed E-state index contributed by atoms with van der Waals surface area (Å²) in [5.41, 5.74) is 1.39. The number of rotatable bonds is 5. The molecular formula is C21H18ClFN2O4S2. The average molecular weight is 481 g/mol. The van der Waals surface area contributed by atoms with Crippen molar-refractivity contribution in [2.75, 3.05) is 15.6 Å². The van der Waals surface area contributed by atoms with Crippen LogP contribution in [0.15, 0.2) is 76.5 Å². The maximum Gasteiger partial charge on any atom is 0.264 e. The highest BCUT2D eigenvalue weighted by Gasteiger charge is 2.29. The molecule has 0 radical (unpaired) electrons. The molecule has 1 aliphatic rings. The molecule has 0 saturated heterocycles. The van der Waals surface area contributed by atoms with Gasteiger partial charge in [0.15, 0.2) is 0 Å². The molecule has 10 heteroatoms. The molecule has 0 aliphatic carbocycles. The van der Waals surface area contributed by atoms with Gasteiger partial charge in [-0.1, -0.05) is 23.7 Å². The topological polar surface area (TPSA) is 83.6 Å². The molecule has 0 aromatic heterocycles. The van der Waals surface area contributed by atoms with E-state index in [1.54, 1.807) is 18.2 Å². The summed E-state index contributed by atoms with van der Waals surface area (Å²) in [6.45, 7) is 0.233. The molecule has 162 valence electrons. The minimum Gasteiger partial charge on any atom is -0.280 e. The largest absolute Gasteiger partial charge is 0.280 e. The van der Waals surface area contributed by atoms with Crippen molar-refractivity contribution < 1.29 is 21.2 Å². The van der Waals surface area contributed by atoms with Crippen LogP contribution < -0.4 is 9.03 Å². The predicted molar refractivity (Wildman–Crippen MR) is 118 cm³/mol. The minimum absolute atomic E-state index is 0.00601. The summed E-state index contributed by atoms with van der Waals surface area (Å²) >= 11 is 5.90. The van der Waals surface area contributed by atoms with E-state index in [0.717, 1.165) is 17.7 Å². The zero-order chi connectivity index (χ0) is 22.2. The molecule has 3 aromatic carbocycles. The van der Waals surface area contributed by atoms with Gasteiger partial charge in [-0.05, 0) is 73.0 Å². The van der Waals surface area contributed by atoms with Gasteiger partial charge in [-0.25, -0.2) is 21.2 Å². The second-order valence-corrected chi connectivity index (χ2v) is 11.0. The summed E-state index contributed by atoms with van der Waals surface area (Å²) < 4.78 is 68.7. The third-order valence-corrected chi connectivity index (χ3v) is 8.36. The Kier molecular flexibility index (Phi) is 5.67. The molecule has 1 aliphatic heterocycles. The number of nitrogens with one attached hydrogen (secondary N) is 1. The number of sulfonamides is 2. The maximum atomic E-state index is 13.2. The molecule has 0 saturated carbocycles. The van der Waals surface area contributed by atoms with E-state index in [1.807, 2.05) is 0 Å². The van der Waals surface area contributed by atoms with Crippen molar-refractivity contribution in [3.05, 3.63) is 83.1 Å². The Morgan fingerprint density at radius 2 is 1.65 bits per heavy atom. The lowest BCUT2D eigenvalue weighted by molar-refractivity contribution is 0.585. The monoisotopic (exact) mass is 480 g/mol. The molecule has 3 aromatic rings. The zero-order valence-electron chi connectivity index (χ0n) is 16.1. The fourth-order valence-corrected chi connectivity index (χ4v) is 6.32. The fourth-order valence-electron chi connectivity index (χ4n) is 3.44. The van der Waals surface area contributed by atoms with Crippen LogP contribution in [0.4, 0.5) is 15.8 Å². The van der Waals surface area contributed by atoms with Crippen molar-refractivity contribution in [2.24, 2.45) is 0 Å². The van der Waals surface area contributed by atoms with Crippen LogP contribution in [0.3, 0.4) is 0 Å². The van der Waals surface area contributed by atoms with E-state index in [-0.39, 0.29) is 27.0 Å². The third-order valence-electron chi connectivity index (χ3n) is 4.92. The lowest BCUT2D eigenvalue weighted by Crippen LogP contribution is -2.35. The molecule has 0 bridgehead atoms. The standard InChI is InChI=1S/C21H18ClFN2O4S2/c22-16-4-1-5-20(13-16)30(26,27)24-18-9-6-15-3-2-12-25(21(15)14-18)31(28,29)19-10-7-17(23)8-11-19/h1,4-11,13-14,24H,2-3,12H2. The molecule has 0 atom stereocenters. The minimum atomic E-state index is -3.94. The summed E-state index contributed by atoms with van der Waals surface area (Å²) in [4.78, 5) is -0.0415. The fraction of sp³-hybridized carbons (Fsp3) is 0.143. The molecule has 1 heterocycles. The number of halogens is 2. The summed E-state index contributed by atoms with van der Waals surface area (Å²) in [5, 5.41) is 0.282. The van der Waals surface area contributed by atoms with Crippen molar-refractivity contribution in [2.45, 2.75) is 22.6 Å². The maximum absolute atomic E-state index is 13.2. The van der Waals surface area contributed by atoms with Crippen LogP contribution in [0.25, 0.3) is 0 Å². The van der Waals surface area contributed by atoms with Gasteiger partial charge in [-0.3, -0.25) is 9.03 Å². The van der Waals surface area contributed by atoms with Crippen molar-refractivity contribution in [3.8, 4) is 0 Å². The van der Waals surface area contributed by atoms with Gasteiger partial charge in [0.1, 0.15) is 5.82 Å². The van der Waals surface area contributed by atoms with E-state index in [0.29, 0.717) is 18.5 Å². The summed E-state index contributed by atoms with van der Waals surface area (Å²) in [6.07, 6.45) is 1.27. The van der Waals surface area contributed by atoms with Gasteiger partial charge in [-0.2, -0.15) is 0 Å². The molecule has 6 nitrogen and oxygen atoms in total. The molecule has 0 spiro atoms. The molecule has 0 amide bonds. The Bertz CT molecular complexity index is 1340. The Morgan fingerprint density at radius 1 is 0.903 bits per heavy atom. The van der Waals surface area contributed by atoms with E-state index >= 15 is 0 Å². The smallest absolute Gasteiger partial charge is 0.264 e. The summed E-state index contributed by atoms with van der Waals surface area (Å²) in [6, 6.07) is 15.2. The van der Waals surface area contributed by atoms with E-state index < -0.39 is 25.9 Å². The number of nitrogens with zero attached hydrogens (tertiary/aromatic N) is 1. The highest BCUT2D eigenvalue weighted by atomic mass is 35.5. The second-order valence-electron chi connectivity index (χ2n) is 7.04. The first-order valence-electron chi connectivity index (χ1n) is 9.36. The van der Waals surface area contributed by atoms with Gasteiger partial charge in [0.05, 0.1) is 21.2 Å². The van der Waals surface area contributed by atoms with E-state index in [9.17, 15) is 21.2 Å². The van der Waals surface area contributed by atoms with Crippen molar-refractivity contribution in [1.82, 2.24) is 0 Å². The van der Waals surface area contributed by atoms with Crippen LogP contribution in [0.2, 0.25) is 5.02 Å². The van der Waals surface area contributed by atoms with Crippen LogP contribution in [0, 0.1) is 5.82 Å². The summed E-state index contributed by atoms with van der Waals surface area (Å²) in [5.74, 6) is -0.532. The molecule has 4 rings (SSSR count). The average Bonchev–Trinajstić information content (AvgIpc) is 2.73. The van der Waals surface area contributed by atoms with Gasteiger partial charge >= 0.3 is 0 Å². The normalized spacial score (nSPS) is 14.2. The SMILES string of the molecule is O=S(=O)(Nc1ccc2c(c1)N(S(=O)(=O)c1ccc(F)cc1)CCC2)c1cccc(Cl)c1. The zero-order valence-corrected chi connectivity index (χ0v) is 18.5. The Balaban J connectivity index is 1.71. The molecular weight excluding hydrogens is 463 g/mol. The first-order valence-corrected chi connectivity index (χ1v) is 12.7. The van der Waals surface area contributed by atoms with Gasteiger partial charge in [0.2, 0.25) is 0 Å². The number of benzene rings is 3. The van der Waals surface area contributed by atoms with Crippen LogP contribution in [-0.2, 0) is 26.5 Å². The quantitative estimate of drug-likeness (QED) is 0.586. The molecule has 0 unspecified atom stereocenters. The van der Waals surface area contributed by atoms with Crippen molar-refractivity contribution >= 4 is 43.0 Å². The number of hydrogen-bond donors (Lipinski definition) is 1. The predicted octanol–water partition coefficient (Wildman–Crippen LogP) is 4.42. The lowest BCUT2D eigenvalue weighted by atomic mass is 10.0. The van der Waals surface area contributed by atoms with Crippen LogP contribution in [-0.4, -0.2) is 23.4 Å². The lowest BCUT2D eigenvalue weighted by Gasteiger charge is -2.31. The number of hydrogen-bond acceptors (Lipinski definition) is 4. The van der Waals surface area contributed by atoms with E-state index in [4.69, 9.17) is 11.6 Å². The van der Waals surface area contributed by atoms with Gasteiger partial charge in [-0.15, -0.1) is 0 Å². The van der Waals surface area contributed by atoms with Crippen molar-refractivity contribution in [1.29, 1.82) is 0 Å². The van der Waals surface area contributed by atoms with Gasteiger partial charge in [0, 0.05) is 11.6 Å². The van der Waals surface area contributed by atoms with Gasteiger partial charge < -0.3 is 0 Å². The molecule has 1 N–H and O–H groups in total. The van der Waals surface area contributed by atoms with Crippen LogP contribution >= 0.6 is 11.6 Å². The highest BCUT2D eigenvalue weighted by molar-refractivity contribution is 7.93.